The molecule has 6 aromatic carbocycles. The van der Waals surface area contributed by atoms with Crippen LogP contribution in [-0.2, 0) is 22.4 Å². The molecule has 0 atom stereocenters. The molecule has 6 rings (SSSR count). The lowest BCUT2D eigenvalue weighted by atomic mass is 9.89. The smallest absolute Gasteiger partial charge is 0.493 e. The number of carbonyl (C=O) groups excluding carboxylic acids is 3. The highest BCUT2D eigenvalue weighted by atomic mass is 19.4. The van der Waals surface area contributed by atoms with Gasteiger partial charge in [0.25, 0.3) is 0 Å². The Morgan fingerprint density at radius 1 is 0.543 bits per heavy atom. The molecule has 0 spiro atoms. The topological polar surface area (TPSA) is 220 Å². The van der Waals surface area contributed by atoms with Crippen LogP contribution in [0.1, 0.15) is 49.4 Å². The van der Waals surface area contributed by atoms with Crippen molar-refractivity contribution in [1.29, 1.82) is 0 Å². The van der Waals surface area contributed by atoms with E-state index in [0.29, 0.717) is 39.4 Å². The van der Waals surface area contributed by atoms with Crippen molar-refractivity contribution in [2.24, 2.45) is 0 Å². The monoisotopic (exact) mass is 974 g/mol. The van der Waals surface area contributed by atoms with Gasteiger partial charge in [0.2, 0.25) is 0 Å². The first-order chi connectivity index (χ1) is 33.2. The molecule has 6 aromatic rings. The molecule has 0 unspecified atom stereocenters. The minimum Gasteiger partial charge on any atom is -0.493 e. The van der Waals surface area contributed by atoms with Crippen molar-refractivity contribution in [2.45, 2.75) is 31.8 Å². The van der Waals surface area contributed by atoms with Crippen molar-refractivity contribution >= 4 is 46.2 Å². The zero-order valence-corrected chi connectivity index (χ0v) is 37.2. The van der Waals surface area contributed by atoms with Crippen LogP contribution >= 0.6 is 0 Å². The van der Waals surface area contributed by atoms with E-state index in [-0.39, 0.29) is 82.5 Å². The van der Waals surface area contributed by atoms with Gasteiger partial charge in [-0.05, 0) is 121 Å². The van der Waals surface area contributed by atoms with Gasteiger partial charge >= 0.3 is 30.4 Å². The van der Waals surface area contributed by atoms with E-state index in [9.17, 15) is 40.7 Å². The van der Waals surface area contributed by atoms with E-state index in [1.807, 2.05) is 0 Å². The molecule has 0 amide bonds. The summed E-state index contributed by atoms with van der Waals surface area (Å²) in [5, 5.41) is 0. The Balaban J connectivity index is 1.42. The number of benzene rings is 6. The number of methoxy groups -OCH3 is 2. The Morgan fingerprint density at radius 2 is 1.06 bits per heavy atom. The van der Waals surface area contributed by atoms with Crippen molar-refractivity contribution in [3.05, 3.63) is 160 Å². The first kappa shape index (κ1) is 50.9. The summed E-state index contributed by atoms with van der Waals surface area (Å²) in [6.07, 6.45) is -9.29. The molecule has 0 fully saturated rings. The number of nitrogens with two attached hydrogens (primary N) is 4. The maximum Gasteiger partial charge on any atom is 0.573 e. The van der Waals surface area contributed by atoms with E-state index in [1.54, 1.807) is 54.6 Å². The van der Waals surface area contributed by atoms with Gasteiger partial charge in [-0.1, -0.05) is 30.3 Å². The van der Waals surface area contributed by atoms with Gasteiger partial charge in [0.15, 0.2) is 29.6 Å². The second kappa shape index (κ2) is 22.0. The molecule has 0 radical (unpaired) electrons. The normalized spacial score (nSPS) is 11.8. The largest absolute Gasteiger partial charge is 0.573 e. The van der Waals surface area contributed by atoms with Gasteiger partial charge in [-0.2, -0.15) is 13.2 Å². The fourth-order valence-electron chi connectivity index (χ4n) is 7.07. The molecular formula is C50H44F6N4O10. The van der Waals surface area contributed by atoms with Gasteiger partial charge < -0.3 is 56.1 Å². The van der Waals surface area contributed by atoms with E-state index in [1.165, 1.54) is 43.5 Å². The number of hydrogen-bond donors (Lipinski definition) is 4. The second-order valence-electron chi connectivity index (χ2n) is 15.2. The Labute approximate surface area is 396 Å². The maximum atomic E-state index is 14.6. The van der Waals surface area contributed by atoms with Crippen LogP contribution in [-0.4, -0.2) is 57.9 Å². The van der Waals surface area contributed by atoms with Crippen LogP contribution in [0.3, 0.4) is 0 Å². The van der Waals surface area contributed by atoms with E-state index < -0.39 is 42.8 Å². The van der Waals surface area contributed by atoms with Crippen molar-refractivity contribution in [2.75, 3.05) is 50.4 Å². The molecule has 70 heavy (non-hydrogen) atoms. The number of rotatable bonds is 18. The molecule has 0 bridgehead atoms. The van der Waals surface area contributed by atoms with E-state index in [0.717, 1.165) is 37.4 Å². The fraction of sp³-hybridized carbons (Fsp3) is 0.180. The van der Waals surface area contributed by atoms with Gasteiger partial charge in [0.1, 0.15) is 11.5 Å². The molecule has 0 aliphatic carbocycles. The summed E-state index contributed by atoms with van der Waals surface area (Å²) < 4.78 is 114. The summed E-state index contributed by atoms with van der Waals surface area (Å²) >= 11 is 0. The van der Waals surface area contributed by atoms with E-state index in [2.05, 4.69) is 4.74 Å². The highest BCUT2D eigenvalue weighted by Crippen LogP contribution is 2.39. The van der Waals surface area contributed by atoms with Crippen LogP contribution in [0.4, 0.5) is 49.1 Å². The number of alkyl halides is 6. The van der Waals surface area contributed by atoms with Gasteiger partial charge in [0.05, 0.1) is 32.0 Å². The third kappa shape index (κ3) is 14.0. The van der Waals surface area contributed by atoms with E-state index in [4.69, 9.17) is 51.4 Å². The van der Waals surface area contributed by atoms with Gasteiger partial charge in [0, 0.05) is 45.9 Å². The van der Waals surface area contributed by atoms with Crippen molar-refractivity contribution in [3.63, 3.8) is 0 Å². The molecule has 366 valence electrons. The summed E-state index contributed by atoms with van der Waals surface area (Å²) in [5.74, 6) is -4.37. The number of halogens is 6. The molecule has 20 heteroatoms. The Kier molecular flexibility index (Phi) is 16.0. The summed E-state index contributed by atoms with van der Waals surface area (Å²) in [5.41, 5.74) is 27.5. The Morgan fingerprint density at radius 3 is 1.61 bits per heavy atom. The van der Waals surface area contributed by atoms with Crippen LogP contribution in [0, 0.1) is 0 Å². The standard InChI is InChI=1S/C50H44F6N4O10/c1-64-43-23-32(10-15-41(43)67-27-49(51,52)53)47(62)69-40-6-4-3-5-38(40)45(30-8-12-37(13-9-30)68-46(61)31-11-16-42(44(24-31)65-2)70-50(54,55)56)39(14-7-28-19-33(57)25-34(58)20-28)48(63)66-18-17-29-21-35(59)26-36(60)22-29/h3-6,8-13,15-16,19-26H,7,14,17-18,27,57-60H2,1-2H3/b45-39-. The molecule has 0 aliphatic heterocycles. The van der Waals surface area contributed by atoms with Crippen LogP contribution in [0.2, 0.25) is 0 Å². The van der Waals surface area contributed by atoms with E-state index >= 15 is 0 Å². The number of carbonyl (C=O) groups is 3. The average Bonchev–Trinajstić information content (AvgIpc) is 3.29. The Bertz CT molecular complexity index is 2870. The predicted molar refractivity (Wildman–Crippen MR) is 247 cm³/mol. The predicted octanol–water partition coefficient (Wildman–Crippen LogP) is 9.53. The number of anilines is 4. The highest BCUT2D eigenvalue weighted by molar-refractivity contribution is 6.03. The lowest BCUT2D eigenvalue weighted by molar-refractivity contribution is -0.275. The second-order valence-corrected chi connectivity index (χ2v) is 15.2. The average molecular weight is 975 g/mol. The lowest BCUT2D eigenvalue weighted by Gasteiger charge is -2.19. The molecule has 8 N–H and O–H groups in total. The summed E-state index contributed by atoms with van der Waals surface area (Å²) in [6, 6.07) is 28.3. The molecule has 0 aliphatic rings. The minimum absolute atomic E-state index is 0.0201. The maximum absolute atomic E-state index is 14.6. The summed E-state index contributed by atoms with van der Waals surface area (Å²) in [6.45, 7) is -1.74. The zero-order chi connectivity index (χ0) is 50.8. The number of aryl methyl sites for hydroxylation is 1. The molecule has 14 nitrogen and oxygen atoms in total. The van der Waals surface area contributed by atoms with Crippen LogP contribution in [0.5, 0.6) is 34.5 Å². The molecule has 0 heterocycles. The van der Waals surface area contributed by atoms with Gasteiger partial charge in [-0.25, -0.2) is 14.4 Å². The van der Waals surface area contributed by atoms with Crippen LogP contribution < -0.4 is 51.4 Å². The first-order valence-corrected chi connectivity index (χ1v) is 20.8. The number of nitrogen functional groups attached to an aromatic ring is 4. The first-order valence-electron chi connectivity index (χ1n) is 20.8. The van der Waals surface area contributed by atoms with Crippen LogP contribution in [0.15, 0.2) is 127 Å². The molecular weight excluding hydrogens is 931 g/mol. The van der Waals surface area contributed by atoms with Gasteiger partial charge in [-0.15, -0.1) is 13.2 Å². The number of esters is 3. The van der Waals surface area contributed by atoms with Crippen molar-refractivity contribution < 1.29 is 73.9 Å². The highest BCUT2D eigenvalue weighted by Gasteiger charge is 2.33. The number of ether oxygens (including phenoxy) is 7. The lowest BCUT2D eigenvalue weighted by Crippen LogP contribution is -2.19. The minimum atomic E-state index is -5.03. The SMILES string of the molecule is COc1cc(C(=O)Oc2ccccc2/C(=C(/CCc2cc(N)cc(N)c2)C(=O)OCCc2cc(N)cc(N)c2)c2ccc(OC(=O)c3ccc(OC(F)(F)F)c(OC)c3)cc2)ccc1OCC(F)(F)F. The number of hydrogen-bond acceptors (Lipinski definition) is 14. The fourth-order valence-corrected chi connectivity index (χ4v) is 7.07. The molecule has 0 saturated carbocycles. The third-order valence-electron chi connectivity index (χ3n) is 10.0. The summed E-state index contributed by atoms with van der Waals surface area (Å²) in [7, 11) is 2.27. The van der Waals surface area contributed by atoms with Crippen molar-refractivity contribution in [3.8, 4) is 34.5 Å². The number of para-hydroxylation sites is 1. The molecule has 0 saturated heterocycles. The Hall–Kier alpha value is -8.55. The quantitative estimate of drug-likeness (QED) is 0.0207. The van der Waals surface area contributed by atoms with Crippen LogP contribution in [0.25, 0.3) is 5.57 Å². The summed E-state index contributed by atoms with van der Waals surface area (Å²) in [4.78, 5) is 41.7. The molecule has 0 aromatic heterocycles. The van der Waals surface area contributed by atoms with Crippen molar-refractivity contribution in [1.82, 2.24) is 0 Å². The van der Waals surface area contributed by atoms with Gasteiger partial charge in [-0.3, -0.25) is 0 Å². The third-order valence-corrected chi connectivity index (χ3v) is 10.0. The zero-order valence-electron chi connectivity index (χ0n) is 37.2.